The van der Waals surface area contributed by atoms with E-state index in [1.54, 1.807) is 0 Å². The van der Waals surface area contributed by atoms with Gasteiger partial charge in [-0.3, -0.25) is 14.9 Å². The summed E-state index contributed by atoms with van der Waals surface area (Å²) in [6.07, 6.45) is 1.45. The Labute approximate surface area is 121 Å². The fourth-order valence-electron chi connectivity index (χ4n) is 1.72. The summed E-state index contributed by atoms with van der Waals surface area (Å²) in [7, 11) is 0. The van der Waals surface area contributed by atoms with Gasteiger partial charge in [-0.2, -0.15) is 0 Å². The minimum absolute atomic E-state index is 0.0560. The molecule has 0 radical (unpaired) electrons. The minimum Gasteiger partial charge on any atom is -0.396 e. The van der Waals surface area contributed by atoms with Crippen molar-refractivity contribution < 1.29 is 14.8 Å². The fraction of sp³-hybridized carbons (Fsp3) is 0.462. The van der Waals surface area contributed by atoms with Crippen LogP contribution in [0.4, 0.5) is 5.69 Å². The van der Waals surface area contributed by atoms with Crippen molar-refractivity contribution in [1.29, 1.82) is 0 Å². The van der Waals surface area contributed by atoms with Gasteiger partial charge in [0.15, 0.2) is 0 Å². The molecule has 0 saturated carbocycles. The molecule has 0 aliphatic heterocycles. The van der Waals surface area contributed by atoms with E-state index in [0.717, 1.165) is 6.42 Å². The molecule has 1 aromatic rings. The van der Waals surface area contributed by atoms with Gasteiger partial charge in [0.05, 0.1) is 9.95 Å². The van der Waals surface area contributed by atoms with Crippen molar-refractivity contribution in [1.82, 2.24) is 5.32 Å². The number of nitrogens with one attached hydrogen (secondary N) is 1. The molecule has 6 nitrogen and oxygen atoms in total. The minimum atomic E-state index is -0.630. The largest absolute Gasteiger partial charge is 0.396 e. The van der Waals surface area contributed by atoms with Crippen molar-refractivity contribution in [2.75, 3.05) is 13.2 Å². The highest BCUT2D eigenvalue weighted by atomic mass is 35.5. The molecule has 1 rings (SSSR count). The van der Waals surface area contributed by atoms with E-state index in [1.165, 1.54) is 18.2 Å². The van der Waals surface area contributed by atoms with E-state index >= 15 is 0 Å². The molecule has 0 aromatic heterocycles. The molecule has 0 heterocycles. The van der Waals surface area contributed by atoms with Crippen LogP contribution in [-0.2, 0) is 0 Å². The lowest BCUT2D eigenvalue weighted by Gasteiger charge is -2.09. The Bertz CT molecular complexity index is 493. The zero-order valence-electron chi connectivity index (χ0n) is 11.1. The van der Waals surface area contributed by atoms with Gasteiger partial charge in [0.25, 0.3) is 11.6 Å². The average Bonchev–Trinajstić information content (AvgIpc) is 2.42. The average molecular weight is 301 g/mol. The van der Waals surface area contributed by atoms with Gasteiger partial charge in [-0.15, -0.1) is 0 Å². The summed E-state index contributed by atoms with van der Waals surface area (Å²) in [5.74, 6) is -0.388. The van der Waals surface area contributed by atoms with Crippen LogP contribution >= 0.6 is 11.6 Å². The lowest BCUT2D eigenvalue weighted by molar-refractivity contribution is -0.385. The van der Waals surface area contributed by atoms with Crippen LogP contribution in [0.15, 0.2) is 18.2 Å². The highest BCUT2D eigenvalue weighted by Gasteiger charge is 2.22. The van der Waals surface area contributed by atoms with E-state index in [-0.39, 0.29) is 28.8 Å². The van der Waals surface area contributed by atoms with Crippen LogP contribution in [0.3, 0.4) is 0 Å². The first-order valence-corrected chi connectivity index (χ1v) is 6.67. The Hall–Kier alpha value is -1.66. The molecule has 1 unspecified atom stereocenters. The van der Waals surface area contributed by atoms with Crippen LogP contribution in [-0.4, -0.2) is 29.1 Å². The second kappa shape index (κ2) is 7.81. The number of nitrogens with zero attached hydrogens (tertiary/aromatic N) is 1. The Balaban J connectivity index is 2.66. The number of carbonyl (C=O) groups is 1. The molecule has 0 saturated heterocycles. The highest BCUT2D eigenvalue weighted by molar-refractivity contribution is 6.34. The normalized spacial score (nSPS) is 11.9. The number of halogens is 1. The molecular weight excluding hydrogens is 284 g/mol. The van der Waals surface area contributed by atoms with E-state index in [9.17, 15) is 14.9 Å². The second-order valence-corrected chi connectivity index (χ2v) is 4.98. The van der Waals surface area contributed by atoms with Crippen molar-refractivity contribution in [2.45, 2.75) is 19.8 Å². The van der Waals surface area contributed by atoms with Gasteiger partial charge in [0.2, 0.25) is 0 Å². The van der Waals surface area contributed by atoms with Gasteiger partial charge < -0.3 is 10.4 Å². The molecule has 0 aliphatic rings. The molecule has 0 fully saturated rings. The summed E-state index contributed by atoms with van der Waals surface area (Å²) in [5, 5.41) is 22.4. The lowest BCUT2D eigenvalue weighted by atomic mass is 10.1. The summed E-state index contributed by atoms with van der Waals surface area (Å²) in [6.45, 7) is 2.39. The van der Waals surface area contributed by atoms with Crippen LogP contribution in [0.2, 0.25) is 5.02 Å². The van der Waals surface area contributed by atoms with Crippen LogP contribution in [0, 0.1) is 16.0 Å². The Morgan fingerprint density at radius 2 is 2.25 bits per heavy atom. The lowest BCUT2D eigenvalue weighted by Crippen LogP contribution is -2.26. The Morgan fingerprint density at radius 3 is 2.85 bits per heavy atom. The molecule has 2 N–H and O–H groups in total. The number of hydrogen-bond acceptors (Lipinski definition) is 4. The van der Waals surface area contributed by atoms with Gasteiger partial charge in [0.1, 0.15) is 5.56 Å². The first-order chi connectivity index (χ1) is 9.47. The standard InChI is InChI=1S/C13H17ClN2O4/c1-9(8-17)4-3-7-15-13(18)12-10(14)5-2-6-11(12)16(19)20/h2,5-6,9,17H,3-4,7-8H2,1H3,(H,15,18). The molecule has 1 atom stereocenters. The predicted octanol–water partition coefficient (Wildman–Crippen LogP) is 2.39. The van der Waals surface area contributed by atoms with Crippen LogP contribution in [0.5, 0.6) is 0 Å². The number of amides is 1. The fourth-order valence-corrected chi connectivity index (χ4v) is 1.98. The van der Waals surface area contributed by atoms with Crippen LogP contribution < -0.4 is 5.32 Å². The quantitative estimate of drug-likeness (QED) is 0.459. The molecule has 1 amide bonds. The first-order valence-electron chi connectivity index (χ1n) is 6.29. The maximum Gasteiger partial charge on any atom is 0.283 e. The van der Waals surface area contributed by atoms with E-state index in [2.05, 4.69) is 5.32 Å². The van der Waals surface area contributed by atoms with Gasteiger partial charge in [-0.1, -0.05) is 24.6 Å². The third-order valence-corrected chi connectivity index (χ3v) is 3.20. The highest BCUT2D eigenvalue weighted by Crippen LogP contribution is 2.25. The summed E-state index contributed by atoms with van der Waals surface area (Å²) < 4.78 is 0. The number of nitro benzene ring substituents is 1. The smallest absolute Gasteiger partial charge is 0.283 e. The van der Waals surface area contributed by atoms with E-state index in [0.29, 0.717) is 13.0 Å². The monoisotopic (exact) mass is 300 g/mol. The molecule has 0 spiro atoms. The Morgan fingerprint density at radius 1 is 1.55 bits per heavy atom. The zero-order chi connectivity index (χ0) is 15.1. The zero-order valence-corrected chi connectivity index (χ0v) is 11.9. The molecular formula is C13H17ClN2O4. The van der Waals surface area contributed by atoms with E-state index in [1.807, 2.05) is 6.92 Å². The van der Waals surface area contributed by atoms with Gasteiger partial charge in [-0.05, 0) is 24.8 Å². The number of rotatable bonds is 7. The van der Waals surface area contributed by atoms with Gasteiger partial charge in [-0.25, -0.2) is 0 Å². The summed E-state index contributed by atoms with van der Waals surface area (Å²) in [6, 6.07) is 4.12. The van der Waals surface area contributed by atoms with Crippen molar-refractivity contribution in [2.24, 2.45) is 5.92 Å². The molecule has 0 bridgehead atoms. The number of benzene rings is 1. The van der Waals surface area contributed by atoms with Crippen molar-refractivity contribution in [3.8, 4) is 0 Å². The molecule has 0 aliphatic carbocycles. The topological polar surface area (TPSA) is 92.5 Å². The maximum absolute atomic E-state index is 12.0. The summed E-state index contributed by atoms with van der Waals surface area (Å²) in [5.41, 5.74) is -0.423. The third kappa shape index (κ3) is 4.47. The third-order valence-electron chi connectivity index (χ3n) is 2.89. The number of nitro groups is 1. The summed E-state index contributed by atoms with van der Waals surface area (Å²) in [4.78, 5) is 22.2. The number of hydrogen-bond donors (Lipinski definition) is 2. The summed E-state index contributed by atoms with van der Waals surface area (Å²) >= 11 is 5.86. The number of carbonyl (C=O) groups excluding carboxylic acids is 1. The van der Waals surface area contributed by atoms with Crippen molar-refractivity contribution in [3.63, 3.8) is 0 Å². The Kier molecular flexibility index (Phi) is 6.41. The first kappa shape index (κ1) is 16.4. The van der Waals surface area contributed by atoms with Crippen LogP contribution in [0.25, 0.3) is 0 Å². The molecule has 1 aromatic carbocycles. The molecule has 110 valence electrons. The molecule has 20 heavy (non-hydrogen) atoms. The number of aliphatic hydroxyl groups excluding tert-OH is 1. The van der Waals surface area contributed by atoms with E-state index < -0.39 is 10.8 Å². The second-order valence-electron chi connectivity index (χ2n) is 4.58. The van der Waals surface area contributed by atoms with Crippen molar-refractivity contribution >= 4 is 23.2 Å². The maximum atomic E-state index is 12.0. The predicted molar refractivity (Wildman–Crippen MR) is 75.9 cm³/mol. The van der Waals surface area contributed by atoms with Crippen molar-refractivity contribution in [3.05, 3.63) is 38.9 Å². The van der Waals surface area contributed by atoms with Gasteiger partial charge in [0, 0.05) is 19.2 Å². The van der Waals surface area contributed by atoms with Gasteiger partial charge >= 0.3 is 0 Å². The van der Waals surface area contributed by atoms with E-state index in [4.69, 9.17) is 16.7 Å². The SMILES string of the molecule is CC(CO)CCCNC(=O)c1c(Cl)cccc1[N+](=O)[O-]. The molecule has 7 heteroatoms. The number of aliphatic hydroxyl groups is 1. The van der Waals surface area contributed by atoms with Crippen LogP contribution in [0.1, 0.15) is 30.1 Å².